The molecule has 0 heteroatoms. The van der Waals surface area contributed by atoms with Crippen LogP contribution in [0.4, 0.5) is 0 Å². The molecule has 0 N–H and O–H groups in total. The van der Waals surface area contributed by atoms with Crippen LogP contribution in [0.3, 0.4) is 0 Å². The molecule has 2 aliphatic rings. The molecule has 0 heterocycles. The van der Waals surface area contributed by atoms with E-state index >= 15 is 0 Å². The van der Waals surface area contributed by atoms with Crippen LogP contribution in [-0.4, -0.2) is 0 Å². The van der Waals surface area contributed by atoms with Crippen molar-refractivity contribution < 1.29 is 0 Å². The molecule has 0 aromatic rings. The molecule has 0 amide bonds. The third kappa shape index (κ3) is 3.20. The summed E-state index contributed by atoms with van der Waals surface area (Å²) in [6.07, 6.45) is 20.1. The molecule has 0 aromatic carbocycles. The number of hydrogen-bond donors (Lipinski definition) is 0. The van der Waals surface area contributed by atoms with Gasteiger partial charge in [-0.25, -0.2) is 0 Å². The van der Waals surface area contributed by atoms with Crippen LogP contribution in [0.15, 0.2) is 71.4 Å². The minimum absolute atomic E-state index is 1.12. The van der Waals surface area contributed by atoms with Crippen molar-refractivity contribution in [3.63, 3.8) is 0 Å². The predicted octanol–water partition coefficient (Wildman–Crippen LogP) is 5.04. The van der Waals surface area contributed by atoms with Gasteiger partial charge in [-0.3, -0.25) is 0 Å². The second-order valence-corrected chi connectivity index (χ2v) is 4.65. The Bertz CT molecular complexity index is 450. The summed E-state index contributed by atoms with van der Waals surface area (Å²) in [4.78, 5) is 0. The van der Waals surface area contributed by atoms with Gasteiger partial charge in [0.05, 0.1) is 0 Å². The van der Waals surface area contributed by atoms with Gasteiger partial charge >= 0.3 is 0 Å². The molecule has 0 nitrogen and oxygen atoms in total. The summed E-state index contributed by atoms with van der Waals surface area (Å²) in [6, 6.07) is 0. The minimum atomic E-state index is 1.12. The summed E-state index contributed by atoms with van der Waals surface area (Å²) in [6.45, 7) is 6.36. The Hall–Kier alpha value is -1.56. The molecule has 0 saturated carbocycles. The summed E-state index contributed by atoms with van der Waals surface area (Å²) in [5.74, 6) is 0. The zero-order valence-corrected chi connectivity index (χ0v) is 10.6. The molecule has 0 bridgehead atoms. The fraction of sp³-hybridized carbons (Fsp3) is 0.294. The quantitative estimate of drug-likeness (QED) is 0.589. The van der Waals surface area contributed by atoms with Gasteiger partial charge in [0.25, 0.3) is 0 Å². The first-order valence-corrected chi connectivity index (χ1v) is 6.38. The Morgan fingerprint density at radius 2 is 2.12 bits per heavy atom. The smallest absolute Gasteiger partial charge is 0.0238 e. The van der Waals surface area contributed by atoms with Crippen LogP contribution in [0.5, 0.6) is 0 Å². The molecule has 0 atom stereocenters. The maximum Gasteiger partial charge on any atom is -0.0238 e. The van der Waals surface area contributed by atoms with E-state index in [0.29, 0.717) is 0 Å². The fourth-order valence-corrected chi connectivity index (χ4v) is 2.21. The van der Waals surface area contributed by atoms with Crippen molar-refractivity contribution >= 4 is 0 Å². The Balaban J connectivity index is 2.10. The van der Waals surface area contributed by atoms with Crippen LogP contribution in [0.2, 0.25) is 0 Å². The molecule has 88 valence electrons. The standard InChI is InChI=1S/C17H20/c1-14(16-9-5-3-6-10-16)13-15(2)17-11-7-4-8-12-17/h3,5,7,9,11-13H,1,4,6,8,10H2,2H3/b15-13+. The second kappa shape index (κ2) is 5.67. The number of allylic oxidation sites excluding steroid dienone is 11. The molecule has 2 rings (SSSR count). The van der Waals surface area contributed by atoms with Gasteiger partial charge in [-0.15, -0.1) is 0 Å². The number of hydrogen-bond acceptors (Lipinski definition) is 0. The highest BCUT2D eigenvalue weighted by atomic mass is 14.1. The Morgan fingerprint density at radius 1 is 1.24 bits per heavy atom. The highest BCUT2D eigenvalue weighted by molar-refractivity contribution is 5.49. The van der Waals surface area contributed by atoms with Gasteiger partial charge in [0.2, 0.25) is 0 Å². The Kier molecular flexibility index (Phi) is 3.98. The lowest BCUT2D eigenvalue weighted by atomic mass is 9.94. The maximum atomic E-state index is 4.18. The molecule has 17 heavy (non-hydrogen) atoms. The topological polar surface area (TPSA) is 0 Å². The molecule has 0 spiro atoms. The average Bonchev–Trinajstić information content (AvgIpc) is 2.40. The van der Waals surface area contributed by atoms with E-state index in [9.17, 15) is 0 Å². The summed E-state index contributed by atoms with van der Waals surface area (Å²) in [7, 11) is 0. The Labute approximate surface area is 104 Å². The van der Waals surface area contributed by atoms with Crippen LogP contribution in [0.25, 0.3) is 0 Å². The van der Waals surface area contributed by atoms with E-state index < -0.39 is 0 Å². The van der Waals surface area contributed by atoms with Crippen LogP contribution in [0, 0.1) is 0 Å². The molecule has 0 aromatic heterocycles. The largest absolute Gasteiger partial charge is 0.0915 e. The molecule has 2 aliphatic carbocycles. The monoisotopic (exact) mass is 224 g/mol. The van der Waals surface area contributed by atoms with Crippen molar-refractivity contribution in [2.75, 3.05) is 0 Å². The van der Waals surface area contributed by atoms with Crippen molar-refractivity contribution in [3.8, 4) is 0 Å². The van der Waals surface area contributed by atoms with Gasteiger partial charge in [-0.05, 0) is 54.9 Å². The van der Waals surface area contributed by atoms with E-state index in [2.05, 4.69) is 56.0 Å². The van der Waals surface area contributed by atoms with E-state index in [1.807, 2.05) is 0 Å². The van der Waals surface area contributed by atoms with Gasteiger partial charge in [-0.2, -0.15) is 0 Å². The fourth-order valence-electron chi connectivity index (χ4n) is 2.21. The lowest BCUT2D eigenvalue weighted by molar-refractivity contribution is 0.977. The highest BCUT2D eigenvalue weighted by Crippen LogP contribution is 2.24. The first-order valence-electron chi connectivity index (χ1n) is 6.38. The van der Waals surface area contributed by atoms with Crippen molar-refractivity contribution in [1.29, 1.82) is 0 Å². The molecule has 0 unspecified atom stereocenters. The SMILES string of the molecule is C=C(/C=C(\C)C1=CCCC=C1)C1=CC=CCC1. The summed E-state index contributed by atoms with van der Waals surface area (Å²) < 4.78 is 0. The van der Waals surface area contributed by atoms with E-state index in [4.69, 9.17) is 0 Å². The summed E-state index contributed by atoms with van der Waals surface area (Å²) in [5, 5.41) is 0. The highest BCUT2D eigenvalue weighted by Gasteiger charge is 2.04. The zero-order valence-electron chi connectivity index (χ0n) is 10.6. The second-order valence-electron chi connectivity index (χ2n) is 4.65. The van der Waals surface area contributed by atoms with Crippen molar-refractivity contribution in [2.24, 2.45) is 0 Å². The summed E-state index contributed by atoms with van der Waals surface area (Å²) >= 11 is 0. The van der Waals surface area contributed by atoms with Crippen molar-refractivity contribution in [2.45, 2.75) is 32.6 Å². The van der Waals surface area contributed by atoms with Gasteiger partial charge in [-0.1, -0.05) is 49.1 Å². The van der Waals surface area contributed by atoms with Crippen LogP contribution >= 0.6 is 0 Å². The van der Waals surface area contributed by atoms with Gasteiger partial charge in [0.15, 0.2) is 0 Å². The van der Waals surface area contributed by atoms with Gasteiger partial charge in [0, 0.05) is 0 Å². The minimum Gasteiger partial charge on any atom is -0.0915 e. The van der Waals surface area contributed by atoms with Crippen molar-refractivity contribution in [1.82, 2.24) is 0 Å². The third-order valence-electron chi connectivity index (χ3n) is 3.27. The maximum absolute atomic E-state index is 4.18. The molecule has 0 fully saturated rings. The lowest BCUT2D eigenvalue weighted by Crippen LogP contribution is -1.92. The summed E-state index contributed by atoms with van der Waals surface area (Å²) in [5.41, 5.74) is 5.20. The lowest BCUT2D eigenvalue weighted by Gasteiger charge is -2.12. The molecule has 0 saturated heterocycles. The molecule has 0 aliphatic heterocycles. The zero-order chi connectivity index (χ0) is 12.1. The van der Waals surface area contributed by atoms with Gasteiger partial charge in [0.1, 0.15) is 0 Å². The molecule has 0 radical (unpaired) electrons. The Morgan fingerprint density at radius 3 is 2.76 bits per heavy atom. The van der Waals surface area contributed by atoms with Crippen LogP contribution in [-0.2, 0) is 0 Å². The van der Waals surface area contributed by atoms with E-state index in [0.717, 1.165) is 24.8 Å². The molecular formula is C17H20. The first kappa shape index (κ1) is 11.9. The van der Waals surface area contributed by atoms with E-state index in [1.165, 1.54) is 23.1 Å². The normalized spacial score (nSPS) is 19.9. The molecular weight excluding hydrogens is 204 g/mol. The van der Waals surface area contributed by atoms with E-state index in [1.54, 1.807) is 0 Å². The number of rotatable bonds is 3. The third-order valence-corrected chi connectivity index (χ3v) is 3.27. The van der Waals surface area contributed by atoms with E-state index in [-0.39, 0.29) is 0 Å². The average molecular weight is 224 g/mol. The van der Waals surface area contributed by atoms with Gasteiger partial charge < -0.3 is 0 Å². The van der Waals surface area contributed by atoms with Crippen LogP contribution in [0.1, 0.15) is 32.6 Å². The predicted molar refractivity (Wildman–Crippen MR) is 75.8 cm³/mol. The van der Waals surface area contributed by atoms with Crippen LogP contribution < -0.4 is 0 Å². The van der Waals surface area contributed by atoms with Crippen molar-refractivity contribution in [3.05, 3.63) is 71.4 Å². The first-order chi connectivity index (χ1) is 8.27.